The number of carbonyl (C=O) groups excluding carboxylic acids is 1. The minimum absolute atomic E-state index is 0.0882. The lowest BCUT2D eigenvalue weighted by molar-refractivity contribution is -0.385. The summed E-state index contributed by atoms with van der Waals surface area (Å²) in [5.74, 6) is -1.99. The topological polar surface area (TPSA) is 69.4 Å². The molecule has 1 aromatic carbocycles. The predicted molar refractivity (Wildman–Crippen MR) is 58.6 cm³/mol. The van der Waals surface area contributed by atoms with Crippen molar-refractivity contribution >= 4 is 23.3 Å². The summed E-state index contributed by atoms with van der Waals surface area (Å²) in [4.78, 5) is 21.2. The second kappa shape index (κ2) is 5.58. The van der Waals surface area contributed by atoms with Crippen molar-refractivity contribution in [1.29, 1.82) is 0 Å². The summed E-state index contributed by atoms with van der Waals surface area (Å²) < 4.78 is 18.1. The van der Waals surface area contributed by atoms with E-state index in [2.05, 4.69) is 4.74 Å². The molecular weight excluding hydrogens is 253 g/mol. The van der Waals surface area contributed by atoms with E-state index in [0.29, 0.717) is 0 Å². The van der Waals surface area contributed by atoms with Gasteiger partial charge in [-0.1, -0.05) is 0 Å². The van der Waals surface area contributed by atoms with Gasteiger partial charge in [0.2, 0.25) is 0 Å². The number of benzene rings is 1. The minimum Gasteiger partial charge on any atom is -0.462 e. The fourth-order valence-electron chi connectivity index (χ4n) is 1.25. The zero-order valence-electron chi connectivity index (χ0n) is 8.91. The Morgan fingerprint density at radius 1 is 1.59 bits per heavy atom. The van der Waals surface area contributed by atoms with E-state index < -0.39 is 22.4 Å². The molecule has 92 valence electrons. The highest BCUT2D eigenvalue weighted by Gasteiger charge is 2.21. The summed E-state index contributed by atoms with van der Waals surface area (Å²) in [6.07, 6.45) is 0. The van der Waals surface area contributed by atoms with E-state index in [9.17, 15) is 19.3 Å². The van der Waals surface area contributed by atoms with Gasteiger partial charge in [0.1, 0.15) is 5.82 Å². The summed E-state index contributed by atoms with van der Waals surface area (Å²) in [7, 11) is 0. The van der Waals surface area contributed by atoms with Crippen LogP contribution >= 0.6 is 11.6 Å². The summed E-state index contributed by atoms with van der Waals surface area (Å²) in [6.45, 7) is 1.66. The molecule has 0 spiro atoms. The average Bonchev–Trinajstić information content (AvgIpc) is 2.28. The number of nitro groups is 1. The minimum atomic E-state index is -0.891. The lowest BCUT2D eigenvalue weighted by Gasteiger charge is -2.07. The van der Waals surface area contributed by atoms with Crippen molar-refractivity contribution in [3.05, 3.63) is 39.2 Å². The van der Waals surface area contributed by atoms with Crippen LogP contribution in [0.15, 0.2) is 12.1 Å². The second-order valence-corrected chi connectivity index (χ2v) is 3.33. The van der Waals surface area contributed by atoms with E-state index in [1.54, 1.807) is 6.92 Å². The molecule has 0 aliphatic heterocycles. The van der Waals surface area contributed by atoms with Crippen molar-refractivity contribution < 1.29 is 18.8 Å². The second-order valence-electron chi connectivity index (χ2n) is 3.06. The van der Waals surface area contributed by atoms with Crippen molar-refractivity contribution in [2.45, 2.75) is 12.8 Å². The van der Waals surface area contributed by atoms with Gasteiger partial charge >= 0.3 is 5.97 Å². The Bertz CT molecular complexity index is 464. The number of carbonyl (C=O) groups is 1. The zero-order chi connectivity index (χ0) is 13.0. The van der Waals surface area contributed by atoms with Crippen LogP contribution in [0.2, 0.25) is 0 Å². The lowest BCUT2D eigenvalue weighted by Crippen LogP contribution is -2.10. The van der Waals surface area contributed by atoms with Gasteiger partial charge in [0.15, 0.2) is 0 Å². The summed E-state index contributed by atoms with van der Waals surface area (Å²) >= 11 is 5.50. The monoisotopic (exact) mass is 261 g/mol. The molecular formula is C10H9ClFNO4. The van der Waals surface area contributed by atoms with Crippen LogP contribution < -0.4 is 0 Å². The van der Waals surface area contributed by atoms with Crippen LogP contribution in [0, 0.1) is 15.9 Å². The molecule has 0 amide bonds. The normalized spacial score (nSPS) is 10.1. The van der Waals surface area contributed by atoms with E-state index >= 15 is 0 Å². The summed E-state index contributed by atoms with van der Waals surface area (Å²) in [5.41, 5.74) is -0.830. The van der Waals surface area contributed by atoms with Crippen LogP contribution in [0.1, 0.15) is 22.8 Å². The molecule has 0 heterocycles. The molecule has 0 radical (unpaired) electrons. The molecule has 0 bridgehead atoms. The third-order valence-electron chi connectivity index (χ3n) is 2.02. The van der Waals surface area contributed by atoms with Gasteiger partial charge in [-0.15, -0.1) is 11.6 Å². The zero-order valence-corrected chi connectivity index (χ0v) is 9.66. The van der Waals surface area contributed by atoms with Gasteiger partial charge in [0.25, 0.3) is 5.69 Å². The molecule has 0 aliphatic carbocycles. The first-order valence-electron chi connectivity index (χ1n) is 4.71. The number of ether oxygens (including phenoxy) is 1. The Hall–Kier alpha value is -1.69. The number of hydrogen-bond acceptors (Lipinski definition) is 4. The number of nitro benzene ring substituents is 1. The Kier molecular flexibility index (Phi) is 4.39. The highest BCUT2D eigenvalue weighted by Crippen LogP contribution is 2.23. The number of rotatable bonds is 4. The predicted octanol–water partition coefficient (Wildman–Crippen LogP) is 2.65. The fourth-order valence-corrected chi connectivity index (χ4v) is 1.53. The smallest absolute Gasteiger partial charge is 0.338 e. The summed E-state index contributed by atoms with van der Waals surface area (Å²) in [5, 5.41) is 10.5. The Balaban J connectivity index is 3.33. The molecule has 0 unspecified atom stereocenters. The van der Waals surface area contributed by atoms with Gasteiger partial charge in [0, 0.05) is 11.6 Å². The van der Waals surface area contributed by atoms with Crippen molar-refractivity contribution in [2.75, 3.05) is 6.61 Å². The van der Waals surface area contributed by atoms with Gasteiger partial charge in [0.05, 0.1) is 29.0 Å². The molecule has 0 N–H and O–H groups in total. The van der Waals surface area contributed by atoms with Gasteiger partial charge in [-0.25, -0.2) is 9.18 Å². The molecule has 0 aliphatic rings. The van der Waals surface area contributed by atoms with Gasteiger partial charge < -0.3 is 4.74 Å². The maximum Gasteiger partial charge on any atom is 0.338 e. The van der Waals surface area contributed by atoms with Gasteiger partial charge in [-0.05, 0) is 6.92 Å². The molecule has 17 heavy (non-hydrogen) atoms. The third kappa shape index (κ3) is 2.91. The molecule has 0 fully saturated rings. The Labute approximate surface area is 101 Å². The standard InChI is InChI=1S/C10H9ClFNO4/c1-2-17-10(14)7-3-6(13(15)16)4-9(12)8(7)5-11/h3-4H,2,5H2,1H3. The molecule has 5 nitrogen and oxygen atoms in total. The molecule has 0 saturated carbocycles. The number of nitrogens with zero attached hydrogens (tertiary/aromatic N) is 1. The van der Waals surface area contributed by atoms with Crippen molar-refractivity contribution in [3.8, 4) is 0 Å². The van der Waals surface area contributed by atoms with Crippen LogP contribution in [0.25, 0.3) is 0 Å². The first-order chi connectivity index (χ1) is 8.01. The summed E-state index contributed by atoms with van der Waals surface area (Å²) in [6, 6.07) is 1.68. The maximum absolute atomic E-state index is 13.5. The van der Waals surface area contributed by atoms with Crippen LogP contribution in [-0.4, -0.2) is 17.5 Å². The van der Waals surface area contributed by atoms with Gasteiger partial charge in [-0.2, -0.15) is 0 Å². The van der Waals surface area contributed by atoms with Crippen LogP contribution in [0.3, 0.4) is 0 Å². The van der Waals surface area contributed by atoms with E-state index in [0.717, 1.165) is 12.1 Å². The lowest BCUT2D eigenvalue weighted by atomic mass is 10.1. The molecule has 0 aromatic heterocycles. The first-order valence-corrected chi connectivity index (χ1v) is 5.24. The van der Waals surface area contributed by atoms with Crippen LogP contribution in [-0.2, 0) is 10.6 Å². The SMILES string of the molecule is CCOC(=O)c1cc([N+](=O)[O-])cc(F)c1CCl. The van der Waals surface area contributed by atoms with Crippen molar-refractivity contribution in [1.82, 2.24) is 0 Å². The molecule has 1 aromatic rings. The first kappa shape index (κ1) is 13.4. The number of esters is 1. The van der Waals surface area contributed by atoms with E-state index in [-0.39, 0.29) is 23.6 Å². The number of hydrogen-bond donors (Lipinski definition) is 0. The number of halogens is 2. The number of non-ortho nitro benzene ring substituents is 1. The molecule has 1 rings (SSSR count). The fraction of sp³-hybridized carbons (Fsp3) is 0.300. The highest BCUT2D eigenvalue weighted by molar-refractivity contribution is 6.17. The van der Waals surface area contributed by atoms with Crippen molar-refractivity contribution in [2.24, 2.45) is 0 Å². The molecule has 0 saturated heterocycles. The Morgan fingerprint density at radius 3 is 2.71 bits per heavy atom. The molecule has 7 heteroatoms. The third-order valence-corrected chi connectivity index (χ3v) is 2.29. The quantitative estimate of drug-likeness (QED) is 0.362. The average molecular weight is 262 g/mol. The maximum atomic E-state index is 13.5. The van der Waals surface area contributed by atoms with Gasteiger partial charge in [-0.3, -0.25) is 10.1 Å². The van der Waals surface area contributed by atoms with E-state index in [4.69, 9.17) is 11.6 Å². The van der Waals surface area contributed by atoms with E-state index in [1.807, 2.05) is 0 Å². The van der Waals surface area contributed by atoms with Crippen LogP contribution in [0.5, 0.6) is 0 Å². The van der Waals surface area contributed by atoms with E-state index in [1.165, 1.54) is 0 Å². The largest absolute Gasteiger partial charge is 0.462 e. The number of alkyl halides is 1. The molecule has 0 atom stereocenters. The Morgan fingerprint density at radius 2 is 2.24 bits per heavy atom. The van der Waals surface area contributed by atoms with Crippen LogP contribution in [0.4, 0.5) is 10.1 Å². The highest BCUT2D eigenvalue weighted by atomic mass is 35.5. The van der Waals surface area contributed by atoms with Crippen molar-refractivity contribution in [3.63, 3.8) is 0 Å².